The van der Waals surface area contributed by atoms with Crippen molar-refractivity contribution in [2.45, 2.75) is 26.7 Å². The standard InChI is InChI=1S/C17H20N4O2/c1-12-8-9-17(22)16(20-12)11-19-23-10-4-6-14-5-3-7-15(21-14)13(2)18/h3,5,7-9,11,18,22H,4,6,10H2,1-2H3/b18-13?,19-11+. The summed E-state index contributed by atoms with van der Waals surface area (Å²) in [5.74, 6) is 0.0750. The number of aromatic hydroxyl groups is 1. The van der Waals surface area contributed by atoms with E-state index in [-0.39, 0.29) is 5.75 Å². The van der Waals surface area contributed by atoms with Gasteiger partial charge in [0.15, 0.2) is 0 Å². The third kappa shape index (κ3) is 5.18. The number of aromatic nitrogens is 2. The molecule has 0 spiro atoms. The molecular weight excluding hydrogens is 292 g/mol. The Labute approximate surface area is 135 Å². The Morgan fingerprint density at radius 3 is 2.91 bits per heavy atom. The van der Waals surface area contributed by atoms with Crippen molar-refractivity contribution in [1.82, 2.24) is 9.97 Å². The molecule has 2 N–H and O–H groups in total. The SMILES string of the molecule is CC(=N)c1cccc(CCCO/N=C/c2nc(C)ccc2O)n1. The quantitative estimate of drug-likeness (QED) is 0.467. The molecule has 6 nitrogen and oxygen atoms in total. The highest BCUT2D eigenvalue weighted by atomic mass is 16.6. The summed E-state index contributed by atoms with van der Waals surface area (Å²) in [6.45, 7) is 4.01. The van der Waals surface area contributed by atoms with Crippen molar-refractivity contribution in [2.24, 2.45) is 5.16 Å². The molecule has 0 fully saturated rings. The smallest absolute Gasteiger partial charge is 0.142 e. The number of pyridine rings is 2. The summed E-state index contributed by atoms with van der Waals surface area (Å²) < 4.78 is 0. The highest BCUT2D eigenvalue weighted by Crippen LogP contribution is 2.12. The Morgan fingerprint density at radius 1 is 1.30 bits per heavy atom. The van der Waals surface area contributed by atoms with Gasteiger partial charge < -0.3 is 15.4 Å². The largest absolute Gasteiger partial charge is 0.506 e. The fourth-order valence-corrected chi connectivity index (χ4v) is 1.95. The Kier molecular flexibility index (Phi) is 5.80. The molecule has 0 aliphatic rings. The normalized spacial score (nSPS) is 10.9. The zero-order valence-corrected chi connectivity index (χ0v) is 13.3. The lowest BCUT2D eigenvalue weighted by molar-refractivity contribution is 0.143. The van der Waals surface area contributed by atoms with E-state index in [4.69, 9.17) is 10.2 Å². The topological polar surface area (TPSA) is 91.5 Å². The van der Waals surface area contributed by atoms with Gasteiger partial charge in [-0.1, -0.05) is 11.2 Å². The van der Waals surface area contributed by atoms with Crippen molar-refractivity contribution in [3.8, 4) is 5.75 Å². The second kappa shape index (κ2) is 8.03. The third-order valence-electron chi connectivity index (χ3n) is 3.15. The van der Waals surface area contributed by atoms with E-state index in [9.17, 15) is 5.11 Å². The van der Waals surface area contributed by atoms with E-state index < -0.39 is 0 Å². The van der Waals surface area contributed by atoms with Crippen molar-refractivity contribution in [2.75, 3.05) is 6.61 Å². The van der Waals surface area contributed by atoms with Gasteiger partial charge in [-0.2, -0.15) is 0 Å². The number of rotatable bonds is 7. The zero-order chi connectivity index (χ0) is 16.7. The van der Waals surface area contributed by atoms with Gasteiger partial charge in [0.1, 0.15) is 18.1 Å². The molecule has 0 saturated carbocycles. The van der Waals surface area contributed by atoms with Crippen LogP contribution in [0.5, 0.6) is 5.75 Å². The first-order chi connectivity index (χ1) is 11.1. The van der Waals surface area contributed by atoms with Crippen LogP contribution in [0.2, 0.25) is 0 Å². The van der Waals surface area contributed by atoms with E-state index in [0.717, 1.165) is 24.2 Å². The van der Waals surface area contributed by atoms with E-state index in [1.54, 1.807) is 19.1 Å². The monoisotopic (exact) mass is 312 g/mol. The van der Waals surface area contributed by atoms with Gasteiger partial charge in [0.25, 0.3) is 0 Å². The summed E-state index contributed by atoms with van der Waals surface area (Å²) in [7, 11) is 0. The predicted molar refractivity (Wildman–Crippen MR) is 89.2 cm³/mol. The van der Waals surface area contributed by atoms with Gasteiger partial charge in [-0.15, -0.1) is 0 Å². The van der Waals surface area contributed by atoms with E-state index >= 15 is 0 Å². The van der Waals surface area contributed by atoms with Crippen LogP contribution in [0, 0.1) is 12.3 Å². The Bertz CT molecular complexity index is 713. The number of aryl methyl sites for hydroxylation is 2. The maximum Gasteiger partial charge on any atom is 0.142 e. The predicted octanol–water partition coefficient (Wildman–Crippen LogP) is 2.86. The molecule has 120 valence electrons. The maximum atomic E-state index is 9.62. The molecule has 0 saturated heterocycles. The van der Waals surface area contributed by atoms with Crippen LogP contribution in [0.3, 0.4) is 0 Å². The molecule has 6 heteroatoms. The molecule has 2 rings (SSSR count). The van der Waals surface area contributed by atoms with Gasteiger partial charge in [-0.25, -0.2) is 4.98 Å². The van der Waals surface area contributed by atoms with Crippen molar-refractivity contribution < 1.29 is 9.94 Å². The van der Waals surface area contributed by atoms with Crippen LogP contribution in [-0.2, 0) is 11.3 Å². The van der Waals surface area contributed by atoms with Crippen molar-refractivity contribution >= 4 is 11.9 Å². The summed E-state index contributed by atoms with van der Waals surface area (Å²) in [6.07, 6.45) is 2.92. The lowest BCUT2D eigenvalue weighted by Crippen LogP contribution is -2.01. The molecular formula is C17H20N4O2. The minimum atomic E-state index is 0.0750. The van der Waals surface area contributed by atoms with Crippen LogP contribution in [0.15, 0.2) is 35.5 Å². The zero-order valence-electron chi connectivity index (χ0n) is 13.3. The first kappa shape index (κ1) is 16.6. The van der Waals surface area contributed by atoms with E-state index in [1.165, 1.54) is 6.21 Å². The Morgan fingerprint density at radius 2 is 2.13 bits per heavy atom. The molecule has 0 atom stereocenters. The van der Waals surface area contributed by atoms with Crippen LogP contribution in [0.1, 0.15) is 36.1 Å². The van der Waals surface area contributed by atoms with Gasteiger partial charge in [0.05, 0.1) is 17.6 Å². The minimum Gasteiger partial charge on any atom is -0.506 e. The van der Waals surface area contributed by atoms with Crippen LogP contribution < -0.4 is 0 Å². The first-order valence-electron chi connectivity index (χ1n) is 7.39. The molecule has 23 heavy (non-hydrogen) atoms. The van der Waals surface area contributed by atoms with E-state index in [2.05, 4.69) is 15.1 Å². The average molecular weight is 312 g/mol. The molecule has 2 heterocycles. The van der Waals surface area contributed by atoms with Gasteiger partial charge >= 0.3 is 0 Å². The molecule has 0 aliphatic carbocycles. The highest BCUT2D eigenvalue weighted by molar-refractivity contribution is 5.94. The number of hydrogen-bond acceptors (Lipinski definition) is 6. The molecule has 0 aliphatic heterocycles. The summed E-state index contributed by atoms with van der Waals surface area (Å²) in [4.78, 5) is 13.7. The third-order valence-corrected chi connectivity index (χ3v) is 3.15. The van der Waals surface area contributed by atoms with Crippen molar-refractivity contribution in [3.05, 3.63) is 53.1 Å². The summed E-state index contributed by atoms with van der Waals surface area (Å²) >= 11 is 0. The molecule has 0 bridgehead atoms. The van der Waals surface area contributed by atoms with Crippen LogP contribution in [-0.4, -0.2) is 33.6 Å². The Hall–Kier alpha value is -2.76. The van der Waals surface area contributed by atoms with E-state index in [0.29, 0.717) is 23.7 Å². The lowest BCUT2D eigenvalue weighted by Gasteiger charge is -2.03. The molecule has 2 aromatic rings. The highest BCUT2D eigenvalue weighted by Gasteiger charge is 2.01. The fourth-order valence-electron chi connectivity index (χ4n) is 1.95. The number of hydrogen-bond donors (Lipinski definition) is 2. The number of oxime groups is 1. The van der Waals surface area contributed by atoms with Crippen LogP contribution in [0.4, 0.5) is 0 Å². The molecule has 0 amide bonds. The summed E-state index contributed by atoms with van der Waals surface area (Å²) in [5, 5.41) is 21.0. The van der Waals surface area contributed by atoms with E-state index in [1.807, 2.05) is 25.1 Å². The number of nitrogens with one attached hydrogen (secondary N) is 1. The van der Waals surface area contributed by atoms with Gasteiger partial charge in [0, 0.05) is 11.4 Å². The van der Waals surface area contributed by atoms with Gasteiger partial charge in [0.2, 0.25) is 0 Å². The fraction of sp³-hybridized carbons (Fsp3) is 0.294. The maximum absolute atomic E-state index is 9.62. The molecule has 0 unspecified atom stereocenters. The van der Waals surface area contributed by atoms with Gasteiger partial charge in [-0.05, 0) is 51.0 Å². The summed E-state index contributed by atoms with van der Waals surface area (Å²) in [6, 6.07) is 8.97. The van der Waals surface area contributed by atoms with Crippen LogP contribution >= 0.6 is 0 Å². The summed E-state index contributed by atoms with van der Waals surface area (Å²) in [5.41, 5.74) is 3.28. The molecule has 2 aromatic heterocycles. The van der Waals surface area contributed by atoms with Crippen molar-refractivity contribution in [3.63, 3.8) is 0 Å². The lowest BCUT2D eigenvalue weighted by atomic mass is 10.2. The number of nitrogens with zero attached hydrogens (tertiary/aromatic N) is 3. The second-order valence-electron chi connectivity index (χ2n) is 5.17. The van der Waals surface area contributed by atoms with Gasteiger partial charge in [-0.3, -0.25) is 4.98 Å². The molecule has 0 radical (unpaired) electrons. The first-order valence-corrected chi connectivity index (χ1v) is 7.39. The van der Waals surface area contributed by atoms with Crippen LogP contribution in [0.25, 0.3) is 0 Å². The average Bonchev–Trinajstić information content (AvgIpc) is 2.54. The minimum absolute atomic E-state index is 0.0750. The van der Waals surface area contributed by atoms with Crippen molar-refractivity contribution in [1.29, 1.82) is 5.41 Å². The second-order valence-corrected chi connectivity index (χ2v) is 5.17. The Balaban J connectivity index is 1.77. The molecule has 0 aromatic carbocycles.